The number of thioether (sulfide) groups is 1. The molecule has 0 aromatic heterocycles. The molecule has 0 saturated heterocycles. The maximum absolute atomic E-state index is 5.48. The van der Waals surface area contributed by atoms with Crippen LogP contribution in [0.5, 0.6) is 0 Å². The molecule has 0 aliphatic heterocycles. The fraction of sp³-hybridized carbons (Fsp3) is 0.250. The Morgan fingerprint density at radius 2 is 1.73 bits per heavy atom. The molecule has 60 valence electrons. The summed E-state index contributed by atoms with van der Waals surface area (Å²) in [5.41, 5.74) is 11.9. The van der Waals surface area contributed by atoms with Crippen molar-refractivity contribution in [2.45, 2.75) is 11.1 Å². The molecule has 0 radical (unpaired) electrons. The van der Waals surface area contributed by atoms with E-state index in [1.54, 1.807) is 11.8 Å². The first kappa shape index (κ1) is 8.59. The Balaban J connectivity index is 2.83. The minimum absolute atomic E-state index is 0.356. The quantitative estimate of drug-likeness (QED) is 0.517. The van der Waals surface area contributed by atoms with Gasteiger partial charge in [0.15, 0.2) is 0 Å². The molecule has 1 aromatic carbocycles. The largest absolute Gasteiger partial charge is 0.312 e. The van der Waals surface area contributed by atoms with E-state index >= 15 is 0 Å². The van der Waals surface area contributed by atoms with E-state index in [2.05, 4.69) is 0 Å². The molecule has 0 atom stereocenters. The molecule has 0 heterocycles. The van der Waals surface area contributed by atoms with Gasteiger partial charge in [-0.25, -0.2) is 0 Å². The van der Waals surface area contributed by atoms with Crippen molar-refractivity contribution in [2.75, 3.05) is 6.26 Å². The van der Waals surface area contributed by atoms with Gasteiger partial charge in [-0.15, -0.1) is 11.8 Å². The molecule has 0 unspecified atom stereocenters. The fourth-order valence-corrected chi connectivity index (χ4v) is 1.23. The van der Waals surface area contributed by atoms with Crippen LogP contribution in [-0.2, 0) is 0 Å². The lowest BCUT2D eigenvalue weighted by Crippen LogP contribution is -2.19. The average molecular weight is 168 g/mol. The first-order valence-corrected chi connectivity index (χ1v) is 4.61. The van der Waals surface area contributed by atoms with Gasteiger partial charge in [-0.05, 0) is 24.0 Å². The zero-order chi connectivity index (χ0) is 8.27. The molecule has 0 aliphatic rings. The predicted octanol–water partition coefficient (Wildman–Crippen LogP) is 1.32. The van der Waals surface area contributed by atoms with Crippen molar-refractivity contribution in [1.82, 2.24) is 0 Å². The monoisotopic (exact) mass is 168 g/mol. The molecule has 11 heavy (non-hydrogen) atoms. The van der Waals surface area contributed by atoms with Crippen molar-refractivity contribution in [3.8, 4) is 0 Å². The molecule has 0 spiro atoms. The van der Waals surface area contributed by atoms with Crippen molar-refractivity contribution in [3.63, 3.8) is 0 Å². The highest BCUT2D eigenvalue weighted by Gasteiger charge is 1.97. The van der Waals surface area contributed by atoms with E-state index in [1.807, 2.05) is 30.5 Å². The molecule has 2 nitrogen and oxygen atoms in total. The summed E-state index contributed by atoms with van der Waals surface area (Å²) in [5.74, 6) is 0. The minimum atomic E-state index is -0.356. The average Bonchev–Trinajstić information content (AvgIpc) is 2.05. The Bertz CT molecular complexity index is 218. The number of hydrogen-bond acceptors (Lipinski definition) is 3. The molecule has 0 aliphatic carbocycles. The number of rotatable bonds is 2. The molecule has 0 bridgehead atoms. The van der Waals surface area contributed by atoms with Gasteiger partial charge in [-0.2, -0.15) is 0 Å². The van der Waals surface area contributed by atoms with E-state index < -0.39 is 0 Å². The third-order valence-electron chi connectivity index (χ3n) is 1.50. The maximum atomic E-state index is 5.48. The third kappa shape index (κ3) is 2.22. The normalized spacial score (nSPS) is 10.5. The van der Waals surface area contributed by atoms with Crippen LogP contribution in [0.4, 0.5) is 0 Å². The summed E-state index contributed by atoms with van der Waals surface area (Å²) in [5, 5.41) is 0. The van der Waals surface area contributed by atoms with Crippen LogP contribution >= 0.6 is 11.8 Å². The topological polar surface area (TPSA) is 52.0 Å². The Labute approximate surface area is 71.0 Å². The fourth-order valence-electron chi connectivity index (χ4n) is 0.826. The summed E-state index contributed by atoms with van der Waals surface area (Å²) in [6, 6.07) is 7.95. The Morgan fingerprint density at radius 1 is 1.18 bits per heavy atom. The predicted molar refractivity (Wildman–Crippen MR) is 49.3 cm³/mol. The van der Waals surface area contributed by atoms with Gasteiger partial charge < -0.3 is 11.5 Å². The Hall–Kier alpha value is -0.510. The zero-order valence-electron chi connectivity index (χ0n) is 6.45. The van der Waals surface area contributed by atoms with Crippen LogP contribution in [0.25, 0.3) is 0 Å². The first-order chi connectivity index (χ1) is 5.24. The second-order valence-electron chi connectivity index (χ2n) is 2.30. The lowest BCUT2D eigenvalue weighted by molar-refractivity contribution is 0.773. The standard InChI is InChI=1S/C8H12N2S/c1-11-7-4-2-6(3-5-7)8(9)10/h2-5,8H,9-10H2,1H3. The number of nitrogens with two attached hydrogens (primary N) is 2. The van der Waals surface area contributed by atoms with Gasteiger partial charge in [0, 0.05) is 4.90 Å². The molecule has 0 amide bonds. The van der Waals surface area contributed by atoms with Crippen LogP contribution in [0.2, 0.25) is 0 Å². The van der Waals surface area contributed by atoms with Crippen molar-refractivity contribution in [1.29, 1.82) is 0 Å². The molecule has 0 saturated carbocycles. The summed E-state index contributed by atoms with van der Waals surface area (Å²) in [6.45, 7) is 0. The highest BCUT2D eigenvalue weighted by Crippen LogP contribution is 2.15. The van der Waals surface area contributed by atoms with E-state index in [0.717, 1.165) is 5.56 Å². The van der Waals surface area contributed by atoms with Gasteiger partial charge in [-0.1, -0.05) is 12.1 Å². The molecular formula is C8H12N2S. The lowest BCUT2D eigenvalue weighted by Gasteiger charge is -2.05. The summed E-state index contributed by atoms with van der Waals surface area (Å²) in [7, 11) is 0. The van der Waals surface area contributed by atoms with E-state index in [4.69, 9.17) is 11.5 Å². The summed E-state index contributed by atoms with van der Waals surface area (Å²) >= 11 is 1.71. The summed E-state index contributed by atoms with van der Waals surface area (Å²) < 4.78 is 0. The van der Waals surface area contributed by atoms with Crippen LogP contribution < -0.4 is 11.5 Å². The van der Waals surface area contributed by atoms with E-state index in [1.165, 1.54) is 4.90 Å². The van der Waals surface area contributed by atoms with Gasteiger partial charge in [0.05, 0.1) is 6.17 Å². The van der Waals surface area contributed by atoms with Gasteiger partial charge in [0.2, 0.25) is 0 Å². The van der Waals surface area contributed by atoms with Crippen LogP contribution in [-0.4, -0.2) is 6.26 Å². The molecule has 1 aromatic rings. The lowest BCUT2D eigenvalue weighted by atomic mass is 10.2. The van der Waals surface area contributed by atoms with Gasteiger partial charge in [0.25, 0.3) is 0 Å². The van der Waals surface area contributed by atoms with Crippen molar-refractivity contribution in [2.24, 2.45) is 11.5 Å². The second kappa shape index (κ2) is 3.76. The van der Waals surface area contributed by atoms with Crippen LogP contribution in [0, 0.1) is 0 Å². The van der Waals surface area contributed by atoms with E-state index in [9.17, 15) is 0 Å². The maximum Gasteiger partial charge on any atom is 0.0784 e. The zero-order valence-corrected chi connectivity index (χ0v) is 7.27. The van der Waals surface area contributed by atoms with Crippen molar-refractivity contribution in [3.05, 3.63) is 29.8 Å². The van der Waals surface area contributed by atoms with Crippen molar-refractivity contribution < 1.29 is 0 Å². The number of hydrogen-bond donors (Lipinski definition) is 2. The van der Waals surface area contributed by atoms with E-state index in [-0.39, 0.29) is 6.17 Å². The molecular weight excluding hydrogens is 156 g/mol. The van der Waals surface area contributed by atoms with Crippen LogP contribution in [0.1, 0.15) is 11.7 Å². The molecule has 0 fully saturated rings. The van der Waals surface area contributed by atoms with Crippen LogP contribution in [0.15, 0.2) is 29.2 Å². The highest BCUT2D eigenvalue weighted by atomic mass is 32.2. The van der Waals surface area contributed by atoms with Crippen LogP contribution in [0.3, 0.4) is 0 Å². The first-order valence-electron chi connectivity index (χ1n) is 3.39. The molecule has 4 N–H and O–H groups in total. The number of benzene rings is 1. The van der Waals surface area contributed by atoms with Crippen molar-refractivity contribution >= 4 is 11.8 Å². The minimum Gasteiger partial charge on any atom is -0.312 e. The Morgan fingerprint density at radius 3 is 2.09 bits per heavy atom. The summed E-state index contributed by atoms with van der Waals surface area (Å²) in [4.78, 5) is 1.23. The third-order valence-corrected chi connectivity index (χ3v) is 2.24. The van der Waals surface area contributed by atoms with Gasteiger partial charge in [0.1, 0.15) is 0 Å². The Kier molecular flexibility index (Phi) is 2.93. The molecule has 3 heteroatoms. The molecule has 1 rings (SSSR count). The highest BCUT2D eigenvalue weighted by molar-refractivity contribution is 7.98. The second-order valence-corrected chi connectivity index (χ2v) is 3.18. The van der Waals surface area contributed by atoms with Gasteiger partial charge >= 0.3 is 0 Å². The SMILES string of the molecule is CSc1ccc(C(N)N)cc1. The summed E-state index contributed by atoms with van der Waals surface area (Å²) in [6.07, 6.45) is 1.68. The van der Waals surface area contributed by atoms with Gasteiger partial charge in [-0.3, -0.25) is 0 Å². The smallest absolute Gasteiger partial charge is 0.0784 e. The van der Waals surface area contributed by atoms with E-state index in [0.29, 0.717) is 0 Å².